The van der Waals surface area contributed by atoms with E-state index >= 15 is 0 Å². The number of rotatable bonds is 3. The van der Waals surface area contributed by atoms with Gasteiger partial charge in [0.05, 0.1) is 17.7 Å². The average Bonchev–Trinajstić information content (AvgIpc) is 2.40. The number of hydrogen-bond acceptors (Lipinski definition) is 2. The molecule has 0 saturated heterocycles. The Balaban J connectivity index is 2.47. The molecular weight excluding hydrogens is 246 g/mol. The third-order valence-electron chi connectivity index (χ3n) is 3.12. The first-order valence-electron chi connectivity index (χ1n) is 5.74. The van der Waals surface area contributed by atoms with Crippen molar-refractivity contribution in [1.29, 1.82) is 0 Å². The lowest BCUT2D eigenvalue weighted by Crippen LogP contribution is -2.34. The Hall–Kier alpha value is -1.51. The first kappa shape index (κ1) is 12.9. The molecule has 0 aliphatic rings. The number of nitrogens with two attached hydrogens (primary N) is 1. The largest absolute Gasteiger partial charge is 0.495 e. The Bertz CT molecular complexity index is 537. The number of benzene rings is 2. The first-order chi connectivity index (χ1) is 8.55. The lowest BCUT2D eigenvalue weighted by molar-refractivity contribution is 0.413. The van der Waals surface area contributed by atoms with Gasteiger partial charge in [0.15, 0.2) is 0 Å². The minimum atomic E-state index is -0.570. The van der Waals surface area contributed by atoms with E-state index in [2.05, 4.69) is 0 Å². The summed E-state index contributed by atoms with van der Waals surface area (Å²) < 4.78 is 5.23. The number of methoxy groups -OCH3 is 1. The summed E-state index contributed by atoms with van der Waals surface area (Å²) in [4.78, 5) is 0. The third kappa shape index (κ3) is 2.35. The zero-order valence-corrected chi connectivity index (χ0v) is 11.2. The van der Waals surface area contributed by atoms with E-state index in [4.69, 9.17) is 22.1 Å². The quantitative estimate of drug-likeness (QED) is 0.917. The molecule has 2 aromatic carbocycles. The van der Waals surface area contributed by atoms with Gasteiger partial charge in [-0.3, -0.25) is 0 Å². The smallest absolute Gasteiger partial charge is 0.137 e. The van der Waals surface area contributed by atoms with Gasteiger partial charge >= 0.3 is 0 Å². The standard InChI is InChI=1S/C15H16ClNO/c1-15(17,11-6-4-3-5-7-11)12-8-9-13(16)14(10-12)18-2/h3-10H,17H2,1-2H3. The Morgan fingerprint density at radius 2 is 1.72 bits per heavy atom. The summed E-state index contributed by atoms with van der Waals surface area (Å²) in [7, 11) is 1.60. The van der Waals surface area contributed by atoms with Crippen LogP contribution >= 0.6 is 11.6 Å². The summed E-state index contributed by atoms with van der Waals surface area (Å²) in [6, 6.07) is 15.6. The second-order valence-corrected chi connectivity index (χ2v) is 4.82. The summed E-state index contributed by atoms with van der Waals surface area (Å²) in [5.41, 5.74) is 7.88. The number of ether oxygens (including phenoxy) is 1. The molecule has 0 bridgehead atoms. The van der Waals surface area contributed by atoms with E-state index in [1.807, 2.05) is 55.5 Å². The van der Waals surface area contributed by atoms with Crippen LogP contribution in [0, 0.1) is 0 Å². The van der Waals surface area contributed by atoms with Gasteiger partial charge < -0.3 is 10.5 Å². The van der Waals surface area contributed by atoms with E-state index in [1.54, 1.807) is 7.11 Å². The summed E-state index contributed by atoms with van der Waals surface area (Å²) in [6.07, 6.45) is 0. The predicted molar refractivity (Wildman–Crippen MR) is 75.1 cm³/mol. The van der Waals surface area contributed by atoms with E-state index in [1.165, 1.54) is 0 Å². The van der Waals surface area contributed by atoms with Crippen molar-refractivity contribution in [2.75, 3.05) is 7.11 Å². The first-order valence-corrected chi connectivity index (χ1v) is 6.12. The van der Waals surface area contributed by atoms with Crippen LogP contribution < -0.4 is 10.5 Å². The van der Waals surface area contributed by atoms with Gasteiger partial charge in [-0.1, -0.05) is 48.0 Å². The SMILES string of the molecule is COc1cc(C(C)(N)c2ccccc2)ccc1Cl. The van der Waals surface area contributed by atoms with Crippen LogP contribution in [0.25, 0.3) is 0 Å². The maximum atomic E-state index is 6.43. The molecule has 0 radical (unpaired) electrons. The average molecular weight is 262 g/mol. The molecule has 0 heterocycles. The number of hydrogen-bond donors (Lipinski definition) is 1. The third-order valence-corrected chi connectivity index (χ3v) is 3.44. The van der Waals surface area contributed by atoms with Crippen molar-refractivity contribution in [3.63, 3.8) is 0 Å². The van der Waals surface area contributed by atoms with Crippen LogP contribution in [0.5, 0.6) is 5.75 Å². The lowest BCUT2D eigenvalue weighted by atomic mass is 9.86. The van der Waals surface area contributed by atoms with Crippen molar-refractivity contribution < 1.29 is 4.74 Å². The summed E-state index contributed by atoms with van der Waals surface area (Å²) in [6.45, 7) is 1.98. The molecule has 2 N–H and O–H groups in total. The predicted octanol–water partition coefficient (Wildman–Crippen LogP) is 3.57. The monoisotopic (exact) mass is 261 g/mol. The molecule has 0 fully saturated rings. The van der Waals surface area contributed by atoms with Crippen LogP contribution in [-0.2, 0) is 5.54 Å². The van der Waals surface area contributed by atoms with E-state index in [9.17, 15) is 0 Å². The Labute approximate surface area is 112 Å². The maximum Gasteiger partial charge on any atom is 0.137 e. The molecule has 2 rings (SSSR count). The van der Waals surface area contributed by atoms with Crippen LogP contribution in [0.4, 0.5) is 0 Å². The van der Waals surface area contributed by atoms with Crippen molar-refractivity contribution in [2.45, 2.75) is 12.5 Å². The maximum absolute atomic E-state index is 6.43. The van der Waals surface area contributed by atoms with Crippen molar-refractivity contribution >= 4 is 11.6 Å². The van der Waals surface area contributed by atoms with Crippen LogP contribution in [0.1, 0.15) is 18.1 Å². The minimum absolute atomic E-state index is 0.570. The highest BCUT2D eigenvalue weighted by atomic mass is 35.5. The van der Waals surface area contributed by atoms with Gasteiger partial charge in [0.1, 0.15) is 5.75 Å². The van der Waals surface area contributed by atoms with Crippen molar-refractivity contribution in [3.8, 4) is 5.75 Å². The fourth-order valence-electron chi connectivity index (χ4n) is 1.93. The molecule has 0 aliphatic carbocycles. The molecule has 0 spiro atoms. The molecule has 94 valence electrons. The highest BCUT2D eigenvalue weighted by molar-refractivity contribution is 6.32. The molecule has 0 aromatic heterocycles. The van der Waals surface area contributed by atoms with Gasteiger partial charge in [0.25, 0.3) is 0 Å². The Morgan fingerprint density at radius 3 is 2.33 bits per heavy atom. The van der Waals surface area contributed by atoms with Gasteiger partial charge in [-0.2, -0.15) is 0 Å². The molecule has 0 saturated carbocycles. The fourth-order valence-corrected chi connectivity index (χ4v) is 2.13. The van der Waals surface area contributed by atoms with Crippen molar-refractivity contribution in [3.05, 3.63) is 64.7 Å². The van der Waals surface area contributed by atoms with Gasteiger partial charge in [-0.25, -0.2) is 0 Å². The lowest BCUT2D eigenvalue weighted by Gasteiger charge is -2.26. The number of halogens is 1. The van der Waals surface area contributed by atoms with Gasteiger partial charge in [0, 0.05) is 0 Å². The van der Waals surface area contributed by atoms with Crippen molar-refractivity contribution in [2.24, 2.45) is 5.73 Å². The fraction of sp³-hybridized carbons (Fsp3) is 0.200. The van der Waals surface area contributed by atoms with E-state index in [0.29, 0.717) is 10.8 Å². The zero-order chi connectivity index (χ0) is 13.2. The molecule has 3 heteroatoms. The summed E-state index contributed by atoms with van der Waals surface area (Å²) in [5.74, 6) is 0.641. The molecule has 0 amide bonds. The second kappa shape index (κ2) is 5.01. The van der Waals surface area contributed by atoms with Crippen LogP contribution in [-0.4, -0.2) is 7.11 Å². The van der Waals surface area contributed by atoms with E-state index < -0.39 is 5.54 Å². The molecule has 0 aliphatic heterocycles. The minimum Gasteiger partial charge on any atom is -0.495 e. The Kier molecular flexibility index (Phi) is 3.60. The van der Waals surface area contributed by atoms with E-state index in [0.717, 1.165) is 11.1 Å². The second-order valence-electron chi connectivity index (χ2n) is 4.42. The normalized spacial score (nSPS) is 14.0. The molecule has 2 nitrogen and oxygen atoms in total. The molecule has 2 aromatic rings. The Morgan fingerprint density at radius 1 is 1.06 bits per heavy atom. The van der Waals surface area contributed by atoms with Crippen LogP contribution in [0.15, 0.2) is 48.5 Å². The van der Waals surface area contributed by atoms with E-state index in [-0.39, 0.29) is 0 Å². The highest BCUT2D eigenvalue weighted by Gasteiger charge is 2.24. The molecular formula is C15H16ClNO. The van der Waals surface area contributed by atoms with Gasteiger partial charge in [0.2, 0.25) is 0 Å². The summed E-state index contributed by atoms with van der Waals surface area (Å²) >= 11 is 6.03. The highest BCUT2D eigenvalue weighted by Crippen LogP contribution is 2.32. The zero-order valence-electron chi connectivity index (χ0n) is 10.5. The van der Waals surface area contributed by atoms with Gasteiger partial charge in [-0.05, 0) is 30.2 Å². The molecule has 1 atom stereocenters. The topological polar surface area (TPSA) is 35.2 Å². The van der Waals surface area contributed by atoms with Crippen molar-refractivity contribution in [1.82, 2.24) is 0 Å². The summed E-state index contributed by atoms with van der Waals surface area (Å²) in [5, 5.41) is 0.588. The van der Waals surface area contributed by atoms with Crippen LogP contribution in [0.2, 0.25) is 5.02 Å². The molecule has 1 unspecified atom stereocenters. The molecule has 18 heavy (non-hydrogen) atoms. The van der Waals surface area contributed by atoms with Gasteiger partial charge in [-0.15, -0.1) is 0 Å². The van der Waals surface area contributed by atoms with Crippen LogP contribution in [0.3, 0.4) is 0 Å².